The number of halogens is 5. The Hall–Kier alpha value is -2.20. The first-order valence-corrected chi connectivity index (χ1v) is 10.6. The van der Waals surface area contributed by atoms with Crippen molar-refractivity contribution in [3.05, 3.63) is 69.2 Å². The molecule has 2 heterocycles. The molecule has 5 nitrogen and oxygen atoms in total. The number of carbonyl (C=O) groups is 1. The van der Waals surface area contributed by atoms with Gasteiger partial charge >= 0.3 is 6.18 Å². The molecule has 2 aliphatic rings. The number of aliphatic imine (C=N–C) groups is 1. The summed E-state index contributed by atoms with van der Waals surface area (Å²) in [5.41, 5.74) is 1.50. The van der Waals surface area contributed by atoms with Crippen molar-refractivity contribution in [3.8, 4) is 0 Å². The molecule has 2 unspecified atom stereocenters. The van der Waals surface area contributed by atoms with Crippen LogP contribution in [-0.2, 0) is 15.0 Å². The minimum Gasteiger partial charge on any atom is -0.362 e. The second-order valence-corrected chi connectivity index (χ2v) is 8.84. The Morgan fingerprint density at radius 3 is 2.41 bits per heavy atom. The molecule has 0 radical (unpaired) electrons. The zero-order valence-corrected chi connectivity index (χ0v) is 18.6. The summed E-state index contributed by atoms with van der Waals surface area (Å²) in [6.45, 7) is -0.318. The van der Waals surface area contributed by atoms with Crippen LogP contribution in [0.5, 0.6) is 0 Å². The smallest absolute Gasteiger partial charge is 0.362 e. The zero-order chi connectivity index (χ0) is 23.1. The first-order valence-electron chi connectivity index (χ1n) is 9.49. The Balaban J connectivity index is 1.55. The number of hydrogen-bond donors (Lipinski definition) is 2. The van der Waals surface area contributed by atoms with Gasteiger partial charge in [-0.3, -0.25) is 14.6 Å². The van der Waals surface area contributed by atoms with E-state index in [1.807, 2.05) is 0 Å². The molecule has 2 aromatic rings. The van der Waals surface area contributed by atoms with E-state index < -0.39 is 24.2 Å². The number of hydroxylamine groups is 1. The van der Waals surface area contributed by atoms with Crippen LogP contribution in [0.1, 0.15) is 23.1 Å². The molecular weight excluding hydrogens is 486 g/mol. The molecule has 1 saturated heterocycles. The molecule has 2 aromatic carbocycles. The van der Waals surface area contributed by atoms with Crippen LogP contribution in [0.15, 0.2) is 47.5 Å². The fourth-order valence-corrected chi connectivity index (χ4v) is 4.51. The number of hydrogen-bond acceptors (Lipinski definition) is 4. The van der Waals surface area contributed by atoms with E-state index in [1.165, 1.54) is 18.2 Å². The van der Waals surface area contributed by atoms with Gasteiger partial charge in [-0.1, -0.05) is 59.7 Å². The minimum atomic E-state index is -4.55. The van der Waals surface area contributed by atoms with Crippen molar-refractivity contribution in [2.24, 2.45) is 4.99 Å². The van der Waals surface area contributed by atoms with Gasteiger partial charge in [-0.05, 0) is 29.3 Å². The fourth-order valence-electron chi connectivity index (χ4n) is 3.70. The van der Waals surface area contributed by atoms with Gasteiger partial charge in [0.05, 0.1) is 6.54 Å². The molecule has 0 aromatic heterocycles. The molecule has 2 atom stereocenters. The topological polar surface area (TPSA) is 62.7 Å². The number of carbonyl (C=O) groups excluding carboxylic acids is 1. The van der Waals surface area contributed by atoms with Crippen LogP contribution in [0.4, 0.5) is 13.2 Å². The number of nitrogens with zero attached hydrogens (tertiary/aromatic N) is 1. The lowest BCUT2D eigenvalue weighted by atomic mass is 9.76. The second-order valence-electron chi connectivity index (χ2n) is 7.56. The molecule has 2 aliphatic heterocycles. The summed E-state index contributed by atoms with van der Waals surface area (Å²) in [5.74, 6) is -0.325. The fraction of sp³-hybridized carbons (Fsp3) is 0.286. The molecule has 0 saturated carbocycles. The van der Waals surface area contributed by atoms with Crippen LogP contribution in [0, 0.1) is 0 Å². The Bertz CT molecular complexity index is 1090. The highest BCUT2D eigenvalue weighted by atomic mass is 35.5. The Kier molecular flexibility index (Phi) is 6.19. The van der Waals surface area contributed by atoms with Crippen LogP contribution in [0.3, 0.4) is 0 Å². The summed E-state index contributed by atoms with van der Waals surface area (Å²) in [6.07, 6.45) is -4.89. The molecule has 1 amide bonds. The van der Waals surface area contributed by atoms with E-state index in [0.717, 1.165) is 0 Å². The minimum absolute atomic E-state index is 0.0136. The van der Waals surface area contributed by atoms with E-state index in [1.54, 1.807) is 24.3 Å². The van der Waals surface area contributed by atoms with Gasteiger partial charge in [0.1, 0.15) is 23.1 Å². The average molecular weight is 502 g/mol. The van der Waals surface area contributed by atoms with Crippen LogP contribution in [0.2, 0.25) is 10.0 Å². The zero-order valence-electron chi connectivity index (χ0n) is 16.3. The second kappa shape index (κ2) is 8.62. The Labute approximate surface area is 196 Å². The summed E-state index contributed by atoms with van der Waals surface area (Å²) < 4.78 is 42.7. The molecule has 1 fully saturated rings. The van der Waals surface area contributed by atoms with Crippen LogP contribution >= 0.6 is 35.4 Å². The van der Waals surface area contributed by atoms with Gasteiger partial charge < -0.3 is 5.32 Å². The normalized spacial score (nSPS) is 23.1. The van der Waals surface area contributed by atoms with Crippen molar-refractivity contribution in [3.63, 3.8) is 0 Å². The largest absolute Gasteiger partial charge is 0.400 e. The molecule has 32 heavy (non-hydrogen) atoms. The number of nitrogens with one attached hydrogen (secondary N) is 2. The van der Waals surface area contributed by atoms with Gasteiger partial charge in [-0.15, -0.1) is 0 Å². The molecule has 0 aliphatic carbocycles. The van der Waals surface area contributed by atoms with Crippen molar-refractivity contribution in [1.29, 1.82) is 0 Å². The molecule has 0 bridgehead atoms. The lowest BCUT2D eigenvalue weighted by Gasteiger charge is -2.31. The highest BCUT2D eigenvalue weighted by Gasteiger charge is 2.58. The maximum atomic E-state index is 14.2. The Morgan fingerprint density at radius 1 is 1.19 bits per heavy atom. The van der Waals surface area contributed by atoms with Crippen molar-refractivity contribution in [2.45, 2.75) is 24.1 Å². The van der Waals surface area contributed by atoms with Crippen molar-refractivity contribution < 1.29 is 22.8 Å². The van der Waals surface area contributed by atoms with Crippen molar-refractivity contribution in [1.82, 2.24) is 10.8 Å². The van der Waals surface area contributed by atoms with E-state index in [0.29, 0.717) is 21.8 Å². The number of amides is 1. The lowest BCUT2D eigenvalue weighted by molar-refractivity contribution is -0.183. The van der Waals surface area contributed by atoms with Crippen molar-refractivity contribution >= 4 is 52.0 Å². The summed E-state index contributed by atoms with van der Waals surface area (Å²) in [6, 6.07) is 10.0. The van der Waals surface area contributed by atoms with E-state index in [-0.39, 0.29) is 34.5 Å². The average Bonchev–Trinajstić information content (AvgIpc) is 3.35. The summed E-state index contributed by atoms with van der Waals surface area (Å²) in [7, 11) is 0. The monoisotopic (exact) mass is 501 g/mol. The molecule has 4 rings (SSSR count). The van der Waals surface area contributed by atoms with Crippen molar-refractivity contribution in [2.75, 3.05) is 13.2 Å². The van der Waals surface area contributed by atoms with Gasteiger partial charge in [0, 0.05) is 27.7 Å². The third-order valence-electron chi connectivity index (χ3n) is 5.49. The maximum absolute atomic E-state index is 14.2. The lowest BCUT2D eigenvalue weighted by Crippen LogP contribution is -2.43. The number of alkyl halides is 3. The SMILES string of the molecule is O=C1NOCC1NC(=S)c1ccc(C2=NCC(c3cc(Cl)cc(Cl)c3)(C(F)(F)F)C2)cc1. The van der Waals surface area contributed by atoms with E-state index >= 15 is 0 Å². The predicted molar refractivity (Wildman–Crippen MR) is 119 cm³/mol. The molecule has 168 valence electrons. The number of rotatable bonds is 4. The summed E-state index contributed by atoms with van der Waals surface area (Å²) in [5, 5.41) is 3.16. The van der Waals surface area contributed by atoms with Crippen LogP contribution in [-0.4, -0.2) is 42.0 Å². The predicted octanol–water partition coefficient (Wildman–Crippen LogP) is 4.38. The first-order chi connectivity index (χ1) is 15.1. The van der Waals surface area contributed by atoms with Gasteiger partial charge in [-0.2, -0.15) is 13.2 Å². The summed E-state index contributed by atoms with van der Waals surface area (Å²) in [4.78, 5) is 21.0. The van der Waals surface area contributed by atoms with E-state index in [2.05, 4.69) is 15.8 Å². The molecule has 0 spiro atoms. The maximum Gasteiger partial charge on any atom is 0.400 e. The summed E-state index contributed by atoms with van der Waals surface area (Å²) >= 11 is 17.3. The highest BCUT2D eigenvalue weighted by Crippen LogP contribution is 2.48. The molecule has 11 heteroatoms. The van der Waals surface area contributed by atoms with Crippen LogP contribution in [0.25, 0.3) is 0 Å². The first kappa shape index (κ1) is 23.0. The van der Waals surface area contributed by atoms with Gasteiger partial charge in [0.25, 0.3) is 5.91 Å². The van der Waals surface area contributed by atoms with Gasteiger partial charge in [-0.25, -0.2) is 5.48 Å². The van der Waals surface area contributed by atoms with Crippen LogP contribution < -0.4 is 10.8 Å². The molecular formula is C21H16Cl2F3N3O2S. The van der Waals surface area contributed by atoms with Gasteiger partial charge in [0.15, 0.2) is 0 Å². The quantitative estimate of drug-likeness (QED) is 0.610. The Morgan fingerprint density at radius 2 is 1.84 bits per heavy atom. The third kappa shape index (κ3) is 4.34. The van der Waals surface area contributed by atoms with Gasteiger partial charge in [0.2, 0.25) is 0 Å². The van der Waals surface area contributed by atoms with E-state index in [9.17, 15) is 18.0 Å². The molecule has 2 N–H and O–H groups in total. The number of benzene rings is 2. The number of thiocarbonyl (C=S) groups is 1. The van der Waals surface area contributed by atoms with E-state index in [4.69, 9.17) is 40.3 Å². The third-order valence-corrected chi connectivity index (χ3v) is 6.28. The highest BCUT2D eigenvalue weighted by molar-refractivity contribution is 7.80. The standard InChI is InChI=1S/C21H16Cl2F3N3O2S/c22-14-5-13(6-15(23)7-14)20(21(24,25)26)8-16(27-10-20)11-1-3-12(4-2-11)19(32)28-17-9-31-29-18(17)30/h1-7,17H,8-10H2,(H,28,32)(H,29,30).